The quantitative estimate of drug-likeness (QED) is 0.309. The number of nitrogens with zero attached hydrogens (tertiary/aromatic N) is 3. The Morgan fingerprint density at radius 1 is 1.34 bits per heavy atom. The third kappa shape index (κ3) is 5.76. The maximum absolute atomic E-state index is 13.4. The van der Waals surface area contributed by atoms with E-state index in [1.54, 1.807) is 12.3 Å². The van der Waals surface area contributed by atoms with Crippen molar-refractivity contribution in [3.05, 3.63) is 44.7 Å². The zero-order chi connectivity index (χ0) is 25.3. The number of nitrogens with one attached hydrogen (secondary N) is 1. The van der Waals surface area contributed by atoms with Crippen LogP contribution in [0.3, 0.4) is 0 Å². The number of aryl methyl sites for hydroxylation is 1. The van der Waals surface area contributed by atoms with Gasteiger partial charge in [-0.1, -0.05) is 30.0 Å². The summed E-state index contributed by atoms with van der Waals surface area (Å²) >= 11 is 6.48. The average Bonchev–Trinajstić information content (AvgIpc) is 3.27. The lowest BCUT2D eigenvalue weighted by Crippen LogP contribution is -2.39. The van der Waals surface area contributed by atoms with Crippen LogP contribution in [-0.4, -0.2) is 69.7 Å². The second-order valence-corrected chi connectivity index (χ2v) is 12.8. The van der Waals surface area contributed by atoms with Crippen molar-refractivity contribution < 1.29 is 17.9 Å². The van der Waals surface area contributed by atoms with Gasteiger partial charge in [0.05, 0.1) is 34.1 Å². The summed E-state index contributed by atoms with van der Waals surface area (Å²) < 4.78 is 31.2. The van der Waals surface area contributed by atoms with Gasteiger partial charge in [-0.25, -0.2) is 13.4 Å². The van der Waals surface area contributed by atoms with E-state index in [2.05, 4.69) is 10.3 Å². The highest BCUT2D eigenvalue weighted by atomic mass is 32.2. The predicted molar refractivity (Wildman–Crippen MR) is 142 cm³/mol. The van der Waals surface area contributed by atoms with Crippen molar-refractivity contribution in [2.45, 2.75) is 45.8 Å². The third-order valence-electron chi connectivity index (χ3n) is 5.74. The topological polar surface area (TPSA) is 110 Å². The third-order valence-corrected chi connectivity index (χ3v) is 8.82. The molecular formula is C23H28N4O5S3. The van der Waals surface area contributed by atoms with Crippen molar-refractivity contribution >= 4 is 61.6 Å². The van der Waals surface area contributed by atoms with Gasteiger partial charge in [0, 0.05) is 19.3 Å². The number of fused-ring (bicyclic) bond motifs is 1. The van der Waals surface area contributed by atoms with Crippen LogP contribution in [0.2, 0.25) is 0 Å². The Kier molecular flexibility index (Phi) is 7.65. The van der Waals surface area contributed by atoms with Crippen LogP contribution >= 0.6 is 24.0 Å². The van der Waals surface area contributed by atoms with E-state index in [0.29, 0.717) is 41.8 Å². The largest absolute Gasteiger partial charge is 0.379 e. The summed E-state index contributed by atoms with van der Waals surface area (Å²) in [6, 6.07) is 3.17. The van der Waals surface area contributed by atoms with Gasteiger partial charge in [-0.3, -0.25) is 18.9 Å². The fourth-order valence-corrected chi connectivity index (χ4v) is 7.11. The molecule has 2 aliphatic heterocycles. The number of pyridine rings is 1. The number of ether oxygens (including phenoxy) is 1. The summed E-state index contributed by atoms with van der Waals surface area (Å²) in [6.45, 7) is 6.91. The molecule has 0 radical (unpaired) electrons. The molecule has 0 aromatic carbocycles. The number of aromatic nitrogens is 2. The number of sulfone groups is 1. The Hall–Kier alpha value is -2.28. The molecule has 188 valence electrons. The Morgan fingerprint density at radius 3 is 2.80 bits per heavy atom. The monoisotopic (exact) mass is 536 g/mol. The number of amides is 1. The van der Waals surface area contributed by atoms with Gasteiger partial charge in [0.2, 0.25) is 0 Å². The molecule has 2 aliphatic rings. The summed E-state index contributed by atoms with van der Waals surface area (Å²) in [6.07, 6.45) is 4.42. The van der Waals surface area contributed by atoms with Crippen molar-refractivity contribution in [3.8, 4) is 0 Å². The maximum atomic E-state index is 13.4. The molecular weight excluding hydrogens is 508 g/mol. The molecule has 35 heavy (non-hydrogen) atoms. The van der Waals surface area contributed by atoms with Gasteiger partial charge in [-0.2, -0.15) is 0 Å². The molecule has 4 heterocycles. The minimum atomic E-state index is -3.18. The minimum Gasteiger partial charge on any atom is -0.379 e. The molecule has 0 saturated carbocycles. The normalized spacial score (nSPS) is 21.1. The molecule has 0 spiro atoms. The first kappa shape index (κ1) is 25.8. The van der Waals surface area contributed by atoms with Gasteiger partial charge in [-0.05, 0) is 51.3 Å². The molecule has 9 nitrogen and oxygen atoms in total. The van der Waals surface area contributed by atoms with Crippen molar-refractivity contribution in [2.75, 3.05) is 30.0 Å². The van der Waals surface area contributed by atoms with Crippen molar-refractivity contribution in [1.29, 1.82) is 0 Å². The van der Waals surface area contributed by atoms with E-state index in [0.717, 1.165) is 17.3 Å². The minimum absolute atomic E-state index is 0.0393. The highest BCUT2D eigenvalue weighted by molar-refractivity contribution is 8.26. The van der Waals surface area contributed by atoms with Crippen molar-refractivity contribution in [1.82, 2.24) is 14.3 Å². The molecule has 2 aromatic rings. The number of carbonyl (C=O) groups is 1. The molecule has 12 heteroatoms. The fraction of sp³-hybridized carbons (Fsp3) is 0.478. The van der Waals surface area contributed by atoms with Crippen LogP contribution in [0.4, 0.5) is 5.82 Å². The zero-order valence-electron chi connectivity index (χ0n) is 19.8. The summed E-state index contributed by atoms with van der Waals surface area (Å²) in [5.41, 5.74) is 1.32. The number of carbonyl (C=O) groups excluding carboxylic acids is 1. The van der Waals surface area contributed by atoms with Crippen LogP contribution in [0.15, 0.2) is 28.0 Å². The molecule has 1 atom stereocenters. The first-order valence-electron chi connectivity index (χ1n) is 11.4. The Morgan fingerprint density at radius 2 is 2.11 bits per heavy atom. The summed E-state index contributed by atoms with van der Waals surface area (Å²) in [5, 5.41) is 3.22. The van der Waals surface area contributed by atoms with Crippen molar-refractivity contribution in [3.63, 3.8) is 0 Å². The second kappa shape index (κ2) is 10.4. The van der Waals surface area contributed by atoms with Crippen LogP contribution in [-0.2, 0) is 19.4 Å². The first-order valence-corrected chi connectivity index (χ1v) is 14.5. The summed E-state index contributed by atoms with van der Waals surface area (Å²) in [4.78, 5) is 32.9. The molecule has 2 aromatic heterocycles. The lowest BCUT2D eigenvalue weighted by molar-refractivity contribution is -0.123. The molecule has 1 N–H and O–H groups in total. The smallest absolute Gasteiger partial charge is 0.267 e. The SMILES string of the molecule is Cc1ccc2nc(NCCCOC(C)C)c(/C=C3\SC(=S)N([C@@H]4CCS(=O)(=O)C4)C3=O)c(=O)n2c1. The molecule has 0 bridgehead atoms. The molecule has 0 unspecified atom stereocenters. The Balaban J connectivity index is 1.67. The summed E-state index contributed by atoms with van der Waals surface area (Å²) in [7, 11) is -3.18. The van der Waals surface area contributed by atoms with E-state index in [1.165, 1.54) is 15.4 Å². The average molecular weight is 537 g/mol. The van der Waals surface area contributed by atoms with Gasteiger partial charge >= 0.3 is 0 Å². The first-order chi connectivity index (χ1) is 16.6. The lowest BCUT2D eigenvalue weighted by Gasteiger charge is -2.20. The zero-order valence-corrected chi connectivity index (χ0v) is 22.3. The molecule has 1 amide bonds. The van der Waals surface area contributed by atoms with Crippen LogP contribution in [0.5, 0.6) is 0 Å². The van der Waals surface area contributed by atoms with Gasteiger partial charge in [0.1, 0.15) is 15.8 Å². The van der Waals surface area contributed by atoms with Crippen LogP contribution in [0.25, 0.3) is 11.7 Å². The summed E-state index contributed by atoms with van der Waals surface area (Å²) in [5.74, 6) is -0.0704. The van der Waals surface area contributed by atoms with E-state index in [-0.39, 0.29) is 39.5 Å². The standard InChI is InChI=1S/C23H28N4O5S3/c1-14(2)32-9-4-8-24-20-17(21(28)26-12-15(3)5-6-19(26)25-20)11-18-22(29)27(23(33)34-18)16-7-10-35(30,31)13-16/h5-6,11-12,14,16,24H,4,7-10,13H2,1-3H3/b18-11-/t16-/m1/s1. The Labute approximate surface area is 213 Å². The number of rotatable bonds is 8. The second-order valence-electron chi connectivity index (χ2n) is 8.92. The fourth-order valence-electron chi connectivity index (χ4n) is 4.03. The highest BCUT2D eigenvalue weighted by Gasteiger charge is 2.42. The molecule has 4 rings (SSSR count). The number of thiocarbonyl (C=S) groups is 1. The van der Waals surface area contributed by atoms with E-state index < -0.39 is 15.9 Å². The number of thioether (sulfide) groups is 1. The van der Waals surface area contributed by atoms with Gasteiger partial charge in [0.25, 0.3) is 11.5 Å². The molecule has 2 saturated heterocycles. The van der Waals surface area contributed by atoms with Gasteiger partial charge in [-0.15, -0.1) is 0 Å². The van der Waals surface area contributed by atoms with Crippen molar-refractivity contribution in [2.24, 2.45) is 0 Å². The van der Waals surface area contributed by atoms with E-state index in [4.69, 9.17) is 17.0 Å². The van der Waals surface area contributed by atoms with E-state index >= 15 is 0 Å². The van der Waals surface area contributed by atoms with E-state index in [1.807, 2.05) is 26.8 Å². The highest BCUT2D eigenvalue weighted by Crippen LogP contribution is 2.36. The number of hydrogen-bond donors (Lipinski definition) is 1. The molecule has 2 fully saturated rings. The van der Waals surface area contributed by atoms with Gasteiger partial charge < -0.3 is 10.1 Å². The van der Waals surface area contributed by atoms with Gasteiger partial charge in [0.15, 0.2) is 9.84 Å². The predicted octanol–water partition coefficient (Wildman–Crippen LogP) is 2.62. The van der Waals surface area contributed by atoms with Crippen LogP contribution in [0.1, 0.15) is 37.8 Å². The van der Waals surface area contributed by atoms with Crippen LogP contribution < -0.4 is 10.9 Å². The number of hydrogen-bond acceptors (Lipinski definition) is 9. The lowest BCUT2D eigenvalue weighted by atomic mass is 10.2. The number of anilines is 1. The van der Waals surface area contributed by atoms with E-state index in [9.17, 15) is 18.0 Å². The van der Waals surface area contributed by atoms with Crippen LogP contribution in [0, 0.1) is 6.92 Å². The molecule has 0 aliphatic carbocycles. The maximum Gasteiger partial charge on any atom is 0.267 e. The Bertz CT molecular complexity index is 1370.